The molecule has 0 N–H and O–H groups in total. The zero-order chi connectivity index (χ0) is 15.7. The Morgan fingerprint density at radius 3 is 2.71 bits per heavy atom. The summed E-state index contributed by atoms with van der Waals surface area (Å²) in [5, 5.41) is 0.373. The van der Waals surface area contributed by atoms with Crippen LogP contribution in [0.2, 0.25) is 5.02 Å². The van der Waals surface area contributed by atoms with E-state index >= 15 is 0 Å². The summed E-state index contributed by atoms with van der Waals surface area (Å²) in [5.41, 5.74) is 0.281. The van der Waals surface area contributed by atoms with Gasteiger partial charge in [-0.25, -0.2) is 8.42 Å². The van der Waals surface area contributed by atoms with Gasteiger partial charge in [-0.1, -0.05) is 17.7 Å². The second kappa shape index (κ2) is 6.42. The number of hydrogen-bond acceptors (Lipinski definition) is 3. The predicted molar refractivity (Wildman–Crippen MR) is 84.4 cm³/mol. The molecule has 0 amide bonds. The second-order valence-corrected chi connectivity index (χ2v) is 8.10. The third-order valence-electron chi connectivity index (χ3n) is 3.92. The van der Waals surface area contributed by atoms with E-state index in [0.717, 1.165) is 18.4 Å². The van der Waals surface area contributed by atoms with Crippen molar-refractivity contribution in [1.82, 2.24) is 4.31 Å². The molecular weight excluding hydrogens is 333 g/mol. The van der Waals surface area contributed by atoms with E-state index in [0.29, 0.717) is 18.1 Å². The van der Waals surface area contributed by atoms with Crippen LogP contribution < -0.4 is 0 Å². The molecule has 1 unspecified atom stereocenters. The van der Waals surface area contributed by atoms with E-state index in [-0.39, 0.29) is 10.8 Å². The van der Waals surface area contributed by atoms with Crippen LogP contribution in [0.15, 0.2) is 23.1 Å². The molecule has 0 saturated carbocycles. The summed E-state index contributed by atoms with van der Waals surface area (Å²) in [6.07, 6.45) is 1.62. The summed E-state index contributed by atoms with van der Waals surface area (Å²) in [6, 6.07) is 4.67. The van der Waals surface area contributed by atoms with Crippen molar-refractivity contribution < 1.29 is 13.2 Å². The standard InChI is InChI=1S/C14H19Cl2NO3S/c1-14(20-2)6-3-7-17(10-14)21(18,19)12-5-4-11(9-15)13(16)8-12/h4-5,8H,3,6-7,9-10H2,1-2H3. The lowest BCUT2D eigenvalue weighted by Gasteiger charge is -2.38. The number of rotatable bonds is 4. The highest BCUT2D eigenvalue weighted by Gasteiger charge is 2.37. The average Bonchev–Trinajstić information content (AvgIpc) is 2.47. The molecule has 118 valence electrons. The smallest absolute Gasteiger partial charge is 0.243 e. The molecule has 1 aliphatic heterocycles. The van der Waals surface area contributed by atoms with Gasteiger partial charge in [-0.05, 0) is 37.5 Å². The Hall–Kier alpha value is -0.330. The van der Waals surface area contributed by atoms with Crippen LogP contribution in [0.1, 0.15) is 25.3 Å². The zero-order valence-corrected chi connectivity index (χ0v) is 14.4. The summed E-state index contributed by atoms with van der Waals surface area (Å²) >= 11 is 11.8. The van der Waals surface area contributed by atoms with Crippen molar-refractivity contribution in [3.8, 4) is 0 Å². The first-order chi connectivity index (χ1) is 9.82. The molecule has 7 heteroatoms. The van der Waals surface area contributed by atoms with Crippen molar-refractivity contribution in [3.63, 3.8) is 0 Å². The van der Waals surface area contributed by atoms with E-state index in [4.69, 9.17) is 27.9 Å². The van der Waals surface area contributed by atoms with Crippen molar-refractivity contribution in [1.29, 1.82) is 0 Å². The number of methoxy groups -OCH3 is 1. The normalized spacial score (nSPS) is 24.2. The number of sulfonamides is 1. The van der Waals surface area contributed by atoms with Crippen LogP contribution >= 0.6 is 23.2 Å². The number of alkyl halides is 1. The summed E-state index contributed by atoms with van der Waals surface area (Å²) < 4.78 is 32.4. The second-order valence-electron chi connectivity index (χ2n) is 5.48. The van der Waals surface area contributed by atoms with Crippen molar-refractivity contribution >= 4 is 33.2 Å². The summed E-state index contributed by atoms with van der Waals surface area (Å²) in [5.74, 6) is 0.255. The van der Waals surface area contributed by atoms with Gasteiger partial charge in [0.15, 0.2) is 0 Å². The summed E-state index contributed by atoms with van der Waals surface area (Å²) in [7, 11) is -1.95. The van der Waals surface area contributed by atoms with E-state index in [2.05, 4.69) is 0 Å². The predicted octanol–water partition coefficient (Wildman–Crippen LogP) is 3.27. The first-order valence-corrected chi connectivity index (χ1v) is 9.07. The molecule has 0 spiro atoms. The van der Waals surface area contributed by atoms with Crippen LogP contribution in [0.25, 0.3) is 0 Å². The van der Waals surface area contributed by atoms with Gasteiger partial charge in [0.05, 0.1) is 10.5 Å². The molecule has 1 fully saturated rings. The van der Waals surface area contributed by atoms with E-state index in [1.54, 1.807) is 19.2 Å². The van der Waals surface area contributed by atoms with Gasteiger partial charge in [-0.2, -0.15) is 4.31 Å². The highest BCUT2D eigenvalue weighted by atomic mass is 35.5. The quantitative estimate of drug-likeness (QED) is 0.782. The molecule has 0 aliphatic carbocycles. The third-order valence-corrected chi connectivity index (χ3v) is 6.40. The van der Waals surface area contributed by atoms with Gasteiger partial charge >= 0.3 is 0 Å². The maximum Gasteiger partial charge on any atom is 0.243 e. The van der Waals surface area contributed by atoms with Gasteiger partial charge in [-0.3, -0.25) is 0 Å². The summed E-state index contributed by atoms with van der Waals surface area (Å²) in [6.45, 7) is 2.77. The van der Waals surface area contributed by atoms with E-state index < -0.39 is 15.6 Å². The van der Waals surface area contributed by atoms with Gasteiger partial charge in [0.2, 0.25) is 10.0 Å². The highest BCUT2D eigenvalue weighted by molar-refractivity contribution is 7.89. The fraction of sp³-hybridized carbons (Fsp3) is 0.571. The Kier molecular flexibility index (Phi) is 5.21. The Labute approximate surface area is 136 Å². The van der Waals surface area contributed by atoms with Crippen LogP contribution in [0, 0.1) is 0 Å². The van der Waals surface area contributed by atoms with Crippen LogP contribution in [-0.4, -0.2) is 38.5 Å². The minimum atomic E-state index is -3.56. The number of nitrogens with zero attached hydrogens (tertiary/aromatic N) is 1. The molecule has 1 heterocycles. The Bertz CT molecular complexity index is 621. The lowest BCUT2D eigenvalue weighted by atomic mass is 9.96. The van der Waals surface area contributed by atoms with Crippen LogP contribution in [0.3, 0.4) is 0 Å². The molecule has 4 nitrogen and oxygen atoms in total. The fourth-order valence-corrected chi connectivity index (χ4v) is 4.71. The molecule has 1 saturated heterocycles. The molecule has 2 rings (SSSR count). The van der Waals surface area contributed by atoms with Crippen LogP contribution in [-0.2, 0) is 20.6 Å². The first-order valence-electron chi connectivity index (χ1n) is 6.72. The molecule has 1 aliphatic rings. The number of halogens is 2. The van der Waals surface area contributed by atoms with E-state index in [9.17, 15) is 8.42 Å². The van der Waals surface area contributed by atoms with Crippen molar-refractivity contribution in [2.75, 3.05) is 20.2 Å². The molecule has 21 heavy (non-hydrogen) atoms. The van der Waals surface area contributed by atoms with Crippen molar-refractivity contribution in [2.45, 2.75) is 36.1 Å². The fourth-order valence-electron chi connectivity index (χ4n) is 2.48. The Balaban J connectivity index is 2.31. The molecular formula is C14H19Cl2NO3S. The number of hydrogen-bond donors (Lipinski definition) is 0. The largest absolute Gasteiger partial charge is 0.377 e. The minimum absolute atomic E-state index is 0.196. The van der Waals surface area contributed by atoms with Gasteiger partial charge in [0, 0.05) is 31.1 Å². The van der Waals surface area contributed by atoms with Crippen molar-refractivity contribution in [3.05, 3.63) is 28.8 Å². The maximum absolute atomic E-state index is 12.7. The number of ether oxygens (including phenoxy) is 1. The molecule has 0 aromatic heterocycles. The summed E-state index contributed by atoms with van der Waals surface area (Å²) in [4.78, 5) is 0.196. The monoisotopic (exact) mass is 351 g/mol. The zero-order valence-electron chi connectivity index (χ0n) is 12.1. The minimum Gasteiger partial charge on any atom is -0.377 e. The van der Waals surface area contributed by atoms with Crippen LogP contribution in [0.4, 0.5) is 0 Å². The molecule has 1 aromatic rings. The van der Waals surface area contributed by atoms with Gasteiger partial charge in [0.25, 0.3) is 0 Å². The number of piperidine rings is 1. The topological polar surface area (TPSA) is 46.6 Å². The Morgan fingerprint density at radius 2 is 2.14 bits per heavy atom. The third kappa shape index (κ3) is 3.54. The number of benzene rings is 1. The molecule has 1 aromatic carbocycles. The van der Waals surface area contributed by atoms with E-state index in [1.165, 1.54) is 10.4 Å². The maximum atomic E-state index is 12.7. The van der Waals surface area contributed by atoms with Gasteiger partial charge in [0.1, 0.15) is 0 Å². The van der Waals surface area contributed by atoms with Crippen LogP contribution in [0.5, 0.6) is 0 Å². The first kappa shape index (κ1) is 17.0. The SMILES string of the molecule is COC1(C)CCCN(S(=O)(=O)c2ccc(CCl)c(Cl)c2)C1. The molecule has 0 radical (unpaired) electrons. The molecule has 0 bridgehead atoms. The lowest BCUT2D eigenvalue weighted by molar-refractivity contribution is -0.0319. The highest BCUT2D eigenvalue weighted by Crippen LogP contribution is 2.30. The van der Waals surface area contributed by atoms with E-state index in [1.807, 2.05) is 6.92 Å². The van der Waals surface area contributed by atoms with Gasteiger partial charge in [-0.15, -0.1) is 11.6 Å². The van der Waals surface area contributed by atoms with Gasteiger partial charge < -0.3 is 4.74 Å². The Morgan fingerprint density at radius 1 is 1.43 bits per heavy atom. The lowest BCUT2D eigenvalue weighted by Crippen LogP contribution is -2.49. The molecule has 1 atom stereocenters. The van der Waals surface area contributed by atoms with Crippen molar-refractivity contribution in [2.24, 2.45) is 0 Å². The average molecular weight is 352 g/mol.